The molecule has 1 unspecified atom stereocenters. The molecule has 0 fully saturated rings. The van der Waals surface area contributed by atoms with Crippen molar-refractivity contribution in [2.24, 2.45) is 7.05 Å². The van der Waals surface area contributed by atoms with Crippen LogP contribution in [0.4, 0.5) is 4.79 Å². The molecule has 2 rings (SSSR count). The van der Waals surface area contributed by atoms with Crippen LogP contribution in [-0.2, 0) is 18.4 Å². The molecule has 0 saturated carbocycles. The van der Waals surface area contributed by atoms with E-state index in [9.17, 15) is 14.7 Å². The summed E-state index contributed by atoms with van der Waals surface area (Å²) in [4.78, 5) is 23.0. The molecule has 0 aliphatic heterocycles. The highest BCUT2D eigenvalue weighted by molar-refractivity contribution is 5.83. The van der Waals surface area contributed by atoms with Gasteiger partial charge < -0.3 is 15.7 Å². The van der Waals surface area contributed by atoms with E-state index in [4.69, 9.17) is 0 Å². The number of carboxylic acids is 1. The second kappa shape index (κ2) is 6.07. The SMILES string of the molecule is Cc1[nH]ncc1CNC(=O)NC(C(=O)O)c1cnn(C)c1. The molecular weight excluding hydrogens is 276 g/mol. The Balaban J connectivity index is 1.96. The van der Waals surface area contributed by atoms with Crippen molar-refractivity contribution in [1.82, 2.24) is 30.6 Å². The van der Waals surface area contributed by atoms with Crippen molar-refractivity contribution in [3.63, 3.8) is 0 Å². The van der Waals surface area contributed by atoms with Crippen LogP contribution in [0.3, 0.4) is 0 Å². The Kier molecular flexibility index (Phi) is 4.21. The van der Waals surface area contributed by atoms with Crippen LogP contribution in [0.2, 0.25) is 0 Å². The average Bonchev–Trinajstić information content (AvgIpc) is 3.02. The van der Waals surface area contributed by atoms with Crippen LogP contribution in [0.1, 0.15) is 22.9 Å². The van der Waals surface area contributed by atoms with Gasteiger partial charge in [-0.25, -0.2) is 9.59 Å². The van der Waals surface area contributed by atoms with Crippen molar-refractivity contribution in [3.8, 4) is 0 Å². The molecule has 9 heteroatoms. The van der Waals surface area contributed by atoms with E-state index in [0.717, 1.165) is 11.3 Å². The minimum atomic E-state index is -1.15. The van der Waals surface area contributed by atoms with E-state index in [1.165, 1.54) is 10.9 Å². The number of nitrogens with one attached hydrogen (secondary N) is 3. The molecule has 2 amide bonds. The highest BCUT2D eigenvalue weighted by atomic mass is 16.4. The molecule has 0 aliphatic carbocycles. The summed E-state index contributed by atoms with van der Waals surface area (Å²) in [6.45, 7) is 2.09. The lowest BCUT2D eigenvalue weighted by molar-refractivity contribution is -0.139. The molecule has 2 aromatic heterocycles. The lowest BCUT2D eigenvalue weighted by Gasteiger charge is -2.13. The number of nitrogens with zero attached hydrogens (tertiary/aromatic N) is 3. The summed E-state index contributed by atoms with van der Waals surface area (Å²) in [5.74, 6) is -1.15. The van der Waals surface area contributed by atoms with Gasteiger partial charge in [-0.3, -0.25) is 9.78 Å². The molecule has 0 aliphatic rings. The molecule has 9 nitrogen and oxygen atoms in total. The van der Waals surface area contributed by atoms with Crippen molar-refractivity contribution in [3.05, 3.63) is 35.4 Å². The van der Waals surface area contributed by atoms with Gasteiger partial charge in [-0.1, -0.05) is 0 Å². The van der Waals surface area contributed by atoms with E-state index in [0.29, 0.717) is 5.56 Å². The van der Waals surface area contributed by atoms with E-state index in [1.54, 1.807) is 19.4 Å². The zero-order valence-corrected chi connectivity index (χ0v) is 11.6. The third kappa shape index (κ3) is 3.59. The molecule has 2 heterocycles. The highest BCUT2D eigenvalue weighted by Crippen LogP contribution is 2.11. The summed E-state index contributed by atoms with van der Waals surface area (Å²) in [5, 5.41) is 24.7. The number of rotatable bonds is 5. The van der Waals surface area contributed by atoms with Crippen molar-refractivity contribution >= 4 is 12.0 Å². The maximum atomic E-state index is 11.8. The second-order valence-electron chi connectivity index (χ2n) is 4.57. The molecule has 0 radical (unpaired) electrons. The zero-order valence-electron chi connectivity index (χ0n) is 11.6. The second-order valence-corrected chi connectivity index (χ2v) is 4.57. The summed E-state index contributed by atoms with van der Waals surface area (Å²) >= 11 is 0. The summed E-state index contributed by atoms with van der Waals surface area (Å²) < 4.78 is 1.47. The lowest BCUT2D eigenvalue weighted by atomic mass is 10.1. The highest BCUT2D eigenvalue weighted by Gasteiger charge is 2.23. The van der Waals surface area contributed by atoms with Crippen molar-refractivity contribution in [1.29, 1.82) is 0 Å². The van der Waals surface area contributed by atoms with E-state index in [-0.39, 0.29) is 6.54 Å². The normalized spacial score (nSPS) is 11.9. The Morgan fingerprint density at radius 1 is 1.48 bits per heavy atom. The van der Waals surface area contributed by atoms with Gasteiger partial charge in [-0.05, 0) is 6.92 Å². The number of H-pyrrole nitrogens is 1. The molecule has 0 spiro atoms. The maximum absolute atomic E-state index is 11.8. The minimum Gasteiger partial charge on any atom is -0.479 e. The first kappa shape index (κ1) is 14.6. The van der Waals surface area contributed by atoms with Crippen LogP contribution in [-0.4, -0.2) is 37.1 Å². The monoisotopic (exact) mass is 292 g/mol. The Labute approximate surface area is 120 Å². The summed E-state index contributed by atoms with van der Waals surface area (Å²) in [6.07, 6.45) is 4.55. The quantitative estimate of drug-likeness (QED) is 0.621. The Bertz CT molecular complexity index is 647. The molecule has 0 saturated heterocycles. The van der Waals surface area contributed by atoms with Gasteiger partial charge in [-0.2, -0.15) is 10.2 Å². The molecule has 0 bridgehead atoms. The Hall–Kier alpha value is -2.84. The smallest absolute Gasteiger partial charge is 0.331 e. The third-order valence-electron chi connectivity index (χ3n) is 2.95. The standard InChI is InChI=1S/C12H16N6O3/c1-7-8(4-14-17-7)3-13-12(21)16-10(11(19)20)9-5-15-18(2)6-9/h4-6,10H,3H2,1-2H3,(H,14,17)(H,19,20)(H2,13,16,21). The number of carbonyl (C=O) groups excluding carboxylic acids is 1. The van der Waals surface area contributed by atoms with Crippen LogP contribution in [0.25, 0.3) is 0 Å². The van der Waals surface area contributed by atoms with Gasteiger partial charge in [0.25, 0.3) is 0 Å². The molecule has 0 aromatic carbocycles. The molecule has 1 atom stereocenters. The van der Waals surface area contributed by atoms with Crippen molar-refractivity contribution in [2.75, 3.05) is 0 Å². The number of aromatic nitrogens is 4. The number of aryl methyl sites for hydroxylation is 2. The van der Waals surface area contributed by atoms with Gasteiger partial charge in [0.05, 0.1) is 12.4 Å². The molecule has 2 aromatic rings. The Morgan fingerprint density at radius 3 is 2.76 bits per heavy atom. The molecule has 21 heavy (non-hydrogen) atoms. The van der Waals surface area contributed by atoms with Gasteiger partial charge in [0, 0.05) is 36.6 Å². The lowest BCUT2D eigenvalue weighted by Crippen LogP contribution is -2.40. The van der Waals surface area contributed by atoms with Gasteiger partial charge >= 0.3 is 12.0 Å². The Morgan fingerprint density at radius 2 is 2.24 bits per heavy atom. The number of carboxylic acid groups (broad SMARTS) is 1. The van der Waals surface area contributed by atoms with Gasteiger partial charge in [0.1, 0.15) is 0 Å². The first-order valence-corrected chi connectivity index (χ1v) is 6.22. The molecule has 112 valence electrons. The molecular formula is C12H16N6O3. The minimum absolute atomic E-state index is 0.257. The van der Waals surface area contributed by atoms with E-state index in [2.05, 4.69) is 25.9 Å². The predicted octanol–water partition coefficient (Wildman–Crippen LogP) is 0.0767. The first-order chi connectivity index (χ1) is 9.97. The third-order valence-corrected chi connectivity index (χ3v) is 2.95. The van der Waals surface area contributed by atoms with Gasteiger partial charge in [0.15, 0.2) is 6.04 Å². The maximum Gasteiger partial charge on any atom is 0.331 e. The van der Waals surface area contributed by atoms with Crippen LogP contribution >= 0.6 is 0 Å². The first-order valence-electron chi connectivity index (χ1n) is 6.22. The predicted molar refractivity (Wildman–Crippen MR) is 72.3 cm³/mol. The van der Waals surface area contributed by atoms with Crippen LogP contribution in [0, 0.1) is 6.92 Å². The average molecular weight is 292 g/mol. The van der Waals surface area contributed by atoms with Crippen molar-refractivity contribution in [2.45, 2.75) is 19.5 Å². The number of aliphatic carboxylic acids is 1. The number of hydrogen-bond donors (Lipinski definition) is 4. The van der Waals surface area contributed by atoms with E-state index in [1.807, 2.05) is 6.92 Å². The van der Waals surface area contributed by atoms with Crippen LogP contribution < -0.4 is 10.6 Å². The summed E-state index contributed by atoms with van der Waals surface area (Å²) in [5.41, 5.74) is 2.08. The number of carbonyl (C=O) groups is 2. The van der Waals surface area contributed by atoms with Gasteiger partial charge in [-0.15, -0.1) is 0 Å². The van der Waals surface area contributed by atoms with Crippen LogP contribution in [0.5, 0.6) is 0 Å². The summed E-state index contributed by atoms with van der Waals surface area (Å²) in [7, 11) is 1.67. The number of amides is 2. The fourth-order valence-corrected chi connectivity index (χ4v) is 1.79. The number of hydrogen-bond acceptors (Lipinski definition) is 4. The van der Waals surface area contributed by atoms with Gasteiger partial charge in [0.2, 0.25) is 0 Å². The fourth-order valence-electron chi connectivity index (χ4n) is 1.79. The zero-order chi connectivity index (χ0) is 15.4. The van der Waals surface area contributed by atoms with Crippen LogP contribution in [0.15, 0.2) is 18.6 Å². The van der Waals surface area contributed by atoms with E-state index >= 15 is 0 Å². The number of aromatic amines is 1. The van der Waals surface area contributed by atoms with Crippen molar-refractivity contribution < 1.29 is 14.7 Å². The number of urea groups is 1. The largest absolute Gasteiger partial charge is 0.479 e. The fraction of sp³-hybridized carbons (Fsp3) is 0.333. The van der Waals surface area contributed by atoms with E-state index < -0.39 is 18.0 Å². The molecule has 4 N–H and O–H groups in total. The summed E-state index contributed by atoms with van der Waals surface area (Å²) in [6, 6.07) is -1.73. The topological polar surface area (TPSA) is 125 Å².